The topological polar surface area (TPSA) is 115 Å². The molecule has 0 bridgehead atoms. The van der Waals surface area contributed by atoms with E-state index in [4.69, 9.17) is 9.47 Å². The van der Waals surface area contributed by atoms with Gasteiger partial charge in [-0.05, 0) is 58.4 Å². The standard InChI is InChI=1S/C46H49N5O5/c52-31-34-15-17-36(18-16-34)42-27-40(30-50-25-23-46(24-26-50)44(53)49-32-51(46)39-12-5-2-6-13-39)55-43(56-42)37-21-19-35(20-22-37)41-14-8-7-11-38(41)29-48-45(54)47-28-33-9-3-1-4-10-33/h1-22,40,42-43,52H,23-32H2,(H,49,53)(H2,47,48,54). The van der Waals surface area contributed by atoms with Gasteiger partial charge in [-0.1, -0.05) is 121 Å². The molecular formula is C46H49N5O5. The van der Waals surface area contributed by atoms with Gasteiger partial charge in [0.25, 0.3) is 0 Å². The summed E-state index contributed by atoms with van der Waals surface area (Å²) in [5, 5.41) is 18.7. The molecule has 10 heteroatoms. The quantitative estimate of drug-likeness (QED) is 0.117. The molecule has 0 aromatic heterocycles. The van der Waals surface area contributed by atoms with Crippen LogP contribution >= 0.6 is 0 Å². The Morgan fingerprint density at radius 1 is 0.750 bits per heavy atom. The third kappa shape index (κ3) is 8.34. The molecule has 8 rings (SSSR count). The smallest absolute Gasteiger partial charge is 0.315 e. The molecule has 3 saturated heterocycles. The number of para-hydroxylation sites is 1. The first kappa shape index (κ1) is 37.4. The molecule has 3 amide bonds. The molecule has 0 radical (unpaired) electrons. The second-order valence-corrected chi connectivity index (χ2v) is 14.9. The van der Waals surface area contributed by atoms with Crippen molar-refractivity contribution in [2.24, 2.45) is 0 Å². The zero-order valence-electron chi connectivity index (χ0n) is 31.5. The highest BCUT2D eigenvalue weighted by Crippen LogP contribution is 2.40. The summed E-state index contributed by atoms with van der Waals surface area (Å²) in [6, 6.07) is 44.2. The van der Waals surface area contributed by atoms with Crippen molar-refractivity contribution in [3.05, 3.63) is 161 Å². The Bertz CT molecular complexity index is 2070. The van der Waals surface area contributed by atoms with Gasteiger partial charge in [0.05, 0.1) is 25.5 Å². The van der Waals surface area contributed by atoms with Crippen molar-refractivity contribution < 1.29 is 24.2 Å². The van der Waals surface area contributed by atoms with Crippen molar-refractivity contribution in [3.63, 3.8) is 0 Å². The summed E-state index contributed by atoms with van der Waals surface area (Å²) in [7, 11) is 0. The number of carbonyl (C=O) groups excluding carboxylic acids is 2. The molecule has 3 unspecified atom stereocenters. The van der Waals surface area contributed by atoms with Crippen LogP contribution < -0.4 is 20.9 Å². The maximum atomic E-state index is 13.3. The van der Waals surface area contributed by atoms with E-state index >= 15 is 0 Å². The Hall–Kier alpha value is -5.52. The number of hydrogen-bond acceptors (Lipinski definition) is 7. The molecule has 0 saturated carbocycles. The van der Waals surface area contributed by atoms with Gasteiger partial charge in [-0.2, -0.15) is 0 Å². The highest BCUT2D eigenvalue weighted by molar-refractivity contribution is 5.93. The van der Waals surface area contributed by atoms with Crippen LogP contribution in [-0.4, -0.2) is 59.9 Å². The summed E-state index contributed by atoms with van der Waals surface area (Å²) in [4.78, 5) is 30.6. The number of aliphatic hydroxyl groups excluding tert-OH is 1. The lowest BCUT2D eigenvalue weighted by Gasteiger charge is -2.45. The molecule has 56 heavy (non-hydrogen) atoms. The molecule has 3 aliphatic rings. The van der Waals surface area contributed by atoms with E-state index in [0.29, 0.717) is 26.2 Å². The Kier molecular flexibility index (Phi) is 11.4. The van der Waals surface area contributed by atoms with E-state index in [9.17, 15) is 14.7 Å². The lowest BCUT2D eigenvalue weighted by Crippen LogP contribution is -2.57. The molecule has 1 spiro atoms. The number of benzene rings is 5. The van der Waals surface area contributed by atoms with Gasteiger partial charge >= 0.3 is 6.03 Å². The van der Waals surface area contributed by atoms with E-state index in [-0.39, 0.29) is 30.8 Å². The van der Waals surface area contributed by atoms with Gasteiger partial charge in [0.2, 0.25) is 5.91 Å². The van der Waals surface area contributed by atoms with Crippen LogP contribution in [0.4, 0.5) is 10.5 Å². The fraction of sp³-hybridized carbons (Fsp3) is 0.304. The van der Waals surface area contributed by atoms with Crippen LogP contribution in [0.15, 0.2) is 133 Å². The van der Waals surface area contributed by atoms with E-state index in [1.54, 1.807) is 0 Å². The van der Waals surface area contributed by atoms with E-state index in [1.807, 2.05) is 91.0 Å². The third-order valence-electron chi connectivity index (χ3n) is 11.4. The van der Waals surface area contributed by atoms with Crippen molar-refractivity contribution in [2.45, 2.75) is 63.0 Å². The Morgan fingerprint density at radius 2 is 1.41 bits per heavy atom. The van der Waals surface area contributed by atoms with Gasteiger partial charge in [-0.25, -0.2) is 4.79 Å². The number of piperidine rings is 1. The monoisotopic (exact) mass is 751 g/mol. The molecule has 10 nitrogen and oxygen atoms in total. The summed E-state index contributed by atoms with van der Waals surface area (Å²) in [5.41, 5.74) is 7.47. The number of rotatable bonds is 11. The molecule has 0 aliphatic carbocycles. The fourth-order valence-electron chi connectivity index (χ4n) is 8.25. The summed E-state index contributed by atoms with van der Waals surface area (Å²) < 4.78 is 13.4. The number of nitrogens with one attached hydrogen (secondary N) is 3. The second kappa shape index (κ2) is 17.1. The van der Waals surface area contributed by atoms with E-state index in [1.165, 1.54) is 0 Å². The molecule has 288 valence electrons. The van der Waals surface area contributed by atoms with Crippen molar-refractivity contribution >= 4 is 17.6 Å². The number of urea groups is 1. The van der Waals surface area contributed by atoms with Gasteiger partial charge < -0.3 is 40.3 Å². The number of nitrogens with zero attached hydrogens (tertiary/aromatic N) is 2. The average Bonchev–Trinajstić information content (AvgIpc) is 3.57. The van der Waals surface area contributed by atoms with Gasteiger partial charge in [0.15, 0.2) is 6.29 Å². The highest BCUT2D eigenvalue weighted by Gasteiger charge is 2.50. The Balaban J connectivity index is 0.947. The molecule has 3 atom stereocenters. The van der Waals surface area contributed by atoms with Crippen molar-refractivity contribution in [1.29, 1.82) is 0 Å². The van der Waals surface area contributed by atoms with Crippen LogP contribution in [0.3, 0.4) is 0 Å². The maximum absolute atomic E-state index is 13.3. The zero-order chi connectivity index (χ0) is 38.3. The number of amides is 3. The fourth-order valence-corrected chi connectivity index (χ4v) is 8.25. The lowest BCUT2D eigenvalue weighted by atomic mass is 9.85. The molecule has 5 aromatic carbocycles. The third-order valence-corrected chi connectivity index (χ3v) is 11.4. The zero-order valence-corrected chi connectivity index (χ0v) is 31.5. The minimum absolute atomic E-state index is 0.0106. The number of likely N-dealkylation sites (tertiary alicyclic amines) is 1. The summed E-state index contributed by atoms with van der Waals surface area (Å²) in [6.45, 7) is 3.66. The minimum Gasteiger partial charge on any atom is -0.392 e. The largest absolute Gasteiger partial charge is 0.392 e. The SMILES string of the molecule is O=C(NCc1ccccc1)NCc1ccccc1-c1ccc(C2OC(CN3CCC4(CC3)C(=O)NCN4c3ccccc3)CC(c3ccc(CO)cc3)O2)cc1. The number of hydrogen-bond donors (Lipinski definition) is 4. The first-order chi connectivity index (χ1) is 27.5. The lowest BCUT2D eigenvalue weighted by molar-refractivity contribution is -0.253. The number of carbonyl (C=O) groups is 2. The maximum Gasteiger partial charge on any atom is 0.315 e. The number of aliphatic hydroxyl groups is 1. The van der Waals surface area contributed by atoms with Crippen LogP contribution in [0.1, 0.15) is 59.5 Å². The van der Waals surface area contributed by atoms with Gasteiger partial charge in [-0.3, -0.25) is 4.79 Å². The summed E-state index contributed by atoms with van der Waals surface area (Å²) in [5.74, 6) is 0.112. The number of ether oxygens (including phenoxy) is 2. The van der Waals surface area contributed by atoms with Crippen molar-refractivity contribution in [1.82, 2.24) is 20.9 Å². The van der Waals surface area contributed by atoms with Crippen LogP contribution in [0.2, 0.25) is 0 Å². The van der Waals surface area contributed by atoms with Gasteiger partial charge in [-0.15, -0.1) is 0 Å². The molecule has 3 aliphatic heterocycles. The second-order valence-electron chi connectivity index (χ2n) is 14.9. The first-order valence-corrected chi connectivity index (χ1v) is 19.6. The average molecular weight is 752 g/mol. The van der Waals surface area contributed by atoms with Crippen LogP contribution in [0.5, 0.6) is 0 Å². The normalized spacial score (nSPS) is 20.8. The Morgan fingerprint density at radius 3 is 2.14 bits per heavy atom. The van der Waals surface area contributed by atoms with Gasteiger partial charge in [0, 0.05) is 50.4 Å². The van der Waals surface area contributed by atoms with Crippen molar-refractivity contribution in [2.75, 3.05) is 31.2 Å². The number of anilines is 1. The highest BCUT2D eigenvalue weighted by atomic mass is 16.7. The van der Waals surface area contributed by atoms with Crippen LogP contribution in [0.25, 0.3) is 11.1 Å². The summed E-state index contributed by atoms with van der Waals surface area (Å²) >= 11 is 0. The van der Waals surface area contributed by atoms with Crippen LogP contribution in [-0.2, 0) is 34.0 Å². The minimum atomic E-state index is -0.583. The van der Waals surface area contributed by atoms with Gasteiger partial charge in [0.1, 0.15) is 5.54 Å². The van der Waals surface area contributed by atoms with E-state index < -0.39 is 11.8 Å². The molecule has 3 heterocycles. The molecule has 3 fully saturated rings. The van der Waals surface area contributed by atoms with Crippen LogP contribution in [0, 0.1) is 0 Å². The van der Waals surface area contributed by atoms with Crippen molar-refractivity contribution in [3.8, 4) is 11.1 Å². The Labute approximate surface area is 328 Å². The molecular weight excluding hydrogens is 703 g/mol. The first-order valence-electron chi connectivity index (χ1n) is 19.6. The predicted molar refractivity (Wildman–Crippen MR) is 216 cm³/mol. The van der Waals surface area contributed by atoms with E-state index in [0.717, 1.165) is 77.1 Å². The van der Waals surface area contributed by atoms with E-state index in [2.05, 4.69) is 68.2 Å². The molecule has 4 N–H and O–H groups in total. The summed E-state index contributed by atoms with van der Waals surface area (Å²) in [6.07, 6.45) is 1.28. The molecule has 5 aromatic rings. The predicted octanol–water partition coefficient (Wildman–Crippen LogP) is 6.82.